The molecule has 0 aliphatic rings. The lowest BCUT2D eigenvalue weighted by molar-refractivity contribution is 0.0688. The Morgan fingerprint density at radius 1 is 1.29 bits per heavy atom. The maximum Gasteiger partial charge on any atom is 0.170 e. The molecule has 1 aromatic carbocycles. The van der Waals surface area contributed by atoms with E-state index in [2.05, 4.69) is 10.5 Å². The first-order chi connectivity index (χ1) is 10.3. The van der Waals surface area contributed by atoms with Crippen LogP contribution in [0.25, 0.3) is 0 Å². The van der Waals surface area contributed by atoms with Crippen molar-refractivity contribution in [3.63, 3.8) is 0 Å². The first kappa shape index (κ1) is 17.4. The van der Waals surface area contributed by atoms with Gasteiger partial charge in [-0.25, -0.2) is 0 Å². The zero-order valence-electron chi connectivity index (χ0n) is 12.5. The van der Waals surface area contributed by atoms with Crippen LogP contribution in [0.15, 0.2) is 29.4 Å². The molecule has 0 bridgehead atoms. The van der Waals surface area contributed by atoms with Gasteiger partial charge < -0.3 is 25.7 Å². The summed E-state index contributed by atoms with van der Waals surface area (Å²) >= 11 is 0. The number of nitrogens with one attached hydrogen (secondary N) is 1. The predicted octanol–water partition coefficient (Wildman–Crippen LogP) is 1.31. The van der Waals surface area contributed by atoms with Gasteiger partial charge in [0.15, 0.2) is 5.84 Å². The minimum absolute atomic E-state index is 0.130. The van der Waals surface area contributed by atoms with E-state index in [1.54, 1.807) is 7.11 Å². The topological polar surface area (TPSA) is 89.1 Å². The van der Waals surface area contributed by atoms with E-state index in [9.17, 15) is 0 Å². The number of unbranched alkanes of at least 4 members (excludes halogenated alkanes) is 1. The second-order valence-corrected chi connectivity index (χ2v) is 4.67. The van der Waals surface area contributed by atoms with Crippen molar-refractivity contribution in [2.24, 2.45) is 10.9 Å². The Bertz CT molecular complexity index is 424. The smallest absolute Gasteiger partial charge is 0.170 e. The van der Waals surface area contributed by atoms with Crippen LogP contribution in [-0.4, -0.2) is 44.5 Å². The molecule has 0 aliphatic heterocycles. The Hall–Kier alpha value is -1.63. The average Bonchev–Trinajstić information content (AvgIpc) is 2.53. The van der Waals surface area contributed by atoms with E-state index in [0.29, 0.717) is 13.2 Å². The highest BCUT2D eigenvalue weighted by Gasteiger charge is 2.00. The van der Waals surface area contributed by atoms with E-state index in [1.807, 2.05) is 24.3 Å². The van der Waals surface area contributed by atoms with Crippen molar-refractivity contribution in [2.45, 2.75) is 19.4 Å². The molecule has 1 aromatic rings. The number of ether oxygens (including phenoxy) is 2. The fourth-order valence-corrected chi connectivity index (χ4v) is 1.83. The number of nitrogens with two attached hydrogens (primary N) is 1. The summed E-state index contributed by atoms with van der Waals surface area (Å²) in [4.78, 5) is 0. The van der Waals surface area contributed by atoms with Gasteiger partial charge in [0.2, 0.25) is 0 Å². The summed E-state index contributed by atoms with van der Waals surface area (Å²) in [5.74, 6) is 0.130. The summed E-state index contributed by atoms with van der Waals surface area (Å²) in [5.41, 5.74) is 7.40. The Morgan fingerprint density at radius 2 is 2.14 bits per heavy atom. The highest BCUT2D eigenvalue weighted by molar-refractivity contribution is 5.97. The van der Waals surface area contributed by atoms with E-state index in [4.69, 9.17) is 20.4 Å². The second-order valence-electron chi connectivity index (χ2n) is 4.67. The van der Waals surface area contributed by atoms with Crippen LogP contribution in [0, 0.1) is 0 Å². The summed E-state index contributed by atoms with van der Waals surface area (Å²) in [6, 6.07) is 7.63. The van der Waals surface area contributed by atoms with E-state index in [-0.39, 0.29) is 5.84 Å². The number of hydrogen-bond donors (Lipinski definition) is 3. The van der Waals surface area contributed by atoms with Crippen LogP contribution in [0.2, 0.25) is 0 Å². The molecule has 0 saturated carbocycles. The van der Waals surface area contributed by atoms with Crippen molar-refractivity contribution < 1.29 is 14.7 Å². The summed E-state index contributed by atoms with van der Waals surface area (Å²) in [7, 11) is 1.67. The molecule has 0 radical (unpaired) electrons. The van der Waals surface area contributed by atoms with Crippen molar-refractivity contribution in [3.05, 3.63) is 35.4 Å². The molecule has 118 valence electrons. The largest absolute Gasteiger partial charge is 0.409 e. The Balaban J connectivity index is 2.13. The molecule has 0 spiro atoms. The second kappa shape index (κ2) is 11.1. The van der Waals surface area contributed by atoms with Gasteiger partial charge in [-0.05, 0) is 31.0 Å². The Morgan fingerprint density at radius 3 is 2.90 bits per heavy atom. The van der Waals surface area contributed by atoms with Crippen LogP contribution in [0.1, 0.15) is 24.0 Å². The molecule has 1 rings (SSSR count). The maximum atomic E-state index is 8.66. The van der Waals surface area contributed by atoms with Crippen LogP contribution in [0.3, 0.4) is 0 Å². The molecule has 0 heterocycles. The molecule has 0 aliphatic carbocycles. The number of amidine groups is 1. The first-order valence-electron chi connectivity index (χ1n) is 7.12. The zero-order valence-corrected chi connectivity index (χ0v) is 12.5. The SMILES string of the molecule is COCCOCCCCNCc1cccc(/C(N)=N/O)c1. The molecule has 0 unspecified atom stereocenters. The van der Waals surface area contributed by atoms with Gasteiger partial charge in [-0.3, -0.25) is 0 Å². The van der Waals surface area contributed by atoms with Crippen LogP contribution < -0.4 is 11.1 Å². The molecule has 4 N–H and O–H groups in total. The van der Waals surface area contributed by atoms with Gasteiger partial charge in [0.05, 0.1) is 13.2 Å². The van der Waals surface area contributed by atoms with Gasteiger partial charge in [-0.2, -0.15) is 0 Å². The van der Waals surface area contributed by atoms with Gasteiger partial charge in [-0.15, -0.1) is 0 Å². The molecule has 6 heteroatoms. The number of oxime groups is 1. The van der Waals surface area contributed by atoms with Crippen molar-refractivity contribution >= 4 is 5.84 Å². The molecule has 0 saturated heterocycles. The first-order valence-corrected chi connectivity index (χ1v) is 7.12. The van der Waals surface area contributed by atoms with Crippen molar-refractivity contribution in [1.82, 2.24) is 5.32 Å². The van der Waals surface area contributed by atoms with Crippen LogP contribution in [-0.2, 0) is 16.0 Å². The fraction of sp³-hybridized carbons (Fsp3) is 0.533. The van der Waals surface area contributed by atoms with E-state index in [1.165, 1.54) is 0 Å². The zero-order chi connectivity index (χ0) is 15.3. The quantitative estimate of drug-likeness (QED) is 0.188. The van der Waals surface area contributed by atoms with E-state index in [0.717, 1.165) is 43.7 Å². The lowest BCUT2D eigenvalue weighted by atomic mass is 10.1. The molecular formula is C15H25N3O3. The van der Waals surface area contributed by atoms with Crippen molar-refractivity contribution in [3.8, 4) is 0 Å². The molecule has 21 heavy (non-hydrogen) atoms. The fourth-order valence-electron chi connectivity index (χ4n) is 1.83. The van der Waals surface area contributed by atoms with Crippen LogP contribution in [0.4, 0.5) is 0 Å². The van der Waals surface area contributed by atoms with Gasteiger partial charge in [-0.1, -0.05) is 23.4 Å². The van der Waals surface area contributed by atoms with Gasteiger partial charge in [0.1, 0.15) is 0 Å². The average molecular weight is 295 g/mol. The Labute approximate surface area is 125 Å². The minimum atomic E-state index is 0.130. The standard InChI is InChI=1S/C15H25N3O3/c1-20-9-10-21-8-3-2-7-17-12-13-5-4-6-14(11-13)15(16)18-19/h4-6,11,17,19H,2-3,7-10,12H2,1H3,(H2,16,18). The van der Waals surface area contributed by atoms with E-state index >= 15 is 0 Å². The van der Waals surface area contributed by atoms with Gasteiger partial charge in [0.25, 0.3) is 0 Å². The van der Waals surface area contributed by atoms with Crippen molar-refractivity contribution in [1.29, 1.82) is 0 Å². The maximum absolute atomic E-state index is 8.66. The molecule has 0 amide bonds. The third kappa shape index (κ3) is 7.65. The lowest BCUT2D eigenvalue weighted by Crippen LogP contribution is -2.17. The van der Waals surface area contributed by atoms with Gasteiger partial charge in [0, 0.05) is 25.8 Å². The number of methoxy groups -OCH3 is 1. The van der Waals surface area contributed by atoms with Crippen molar-refractivity contribution in [2.75, 3.05) is 33.5 Å². The molecular weight excluding hydrogens is 270 g/mol. The molecule has 6 nitrogen and oxygen atoms in total. The molecule has 0 fully saturated rings. The van der Waals surface area contributed by atoms with E-state index < -0.39 is 0 Å². The Kier molecular flexibility index (Phi) is 9.19. The van der Waals surface area contributed by atoms with Crippen LogP contribution >= 0.6 is 0 Å². The molecule has 0 atom stereocenters. The third-order valence-corrected chi connectivity index (χ3v) is 2.98. The monoisotopic (exact) mass is 295 g/mol. The van der Waals surface area contributed by atoms with Crippen LogP contribution in [0.5, 0.6) is 0 Å². The number of rotatable bonds is 11. The number of hydrogen-bond acceptors (Lipinski definition) is 5. The highest BCUT2D eigenvalue weighted by Crippen LogP contribution is 2.05. The lowest BCUT2D eigenvalue weighted by Gasteiger charge is -2.07. The third-order valence-electron chi connectivity index (χ3n) is 2.98. The molecule has 0 aromatic heterocycles. The summed E-state index contributed by atoms with van der Waals surface area (Å²) in [6.45, 7) is 3.77. The minimum Gasteiger partial charge on any atom is -0.409 e. The summed E-state index contributed by atoms with van der Waals surface area (Å²) < 4.78 is 10.3. The predicted molar refractivity (Wildman–Crippen MR) is 82.6 cm³/mol. The summed E-state index contributed by atoms with van der Waals surface area (Å²) in [5, 5.41) is 15.0. The highest BCUT2D eigenvalue weighted by atomic mass is 16.5. The van der Waals surface area contributed by atoms with Gasteiger partial charge >= 0.3 is 0 Å². The number of nitrogens with zero attached hydrogens (tertiary/aromatic N) is 1. The number of benzene rings is 1. The normalized spacial score (nSPS) is 11.8. The summed E-state index contributed by atoms with van der Waals surface area (Å²) in [6.07, 6.45) is 2.09.